The number of halogens is 3. The third kappa shape index (κ3) is 6.47. The lowest BCUT2D eigenvalue weighted by atomic mass is 10.1. The Morgan fingerprint density at radius 1 is 1.21 bits per heavy atom. The van der Waals surface area contributed by atoms with Gasteiger partial charge in [0.2, 0.25) is 0 Å². The van der Waals surface area contributed by atoms with Crippen LogP contribution in [0.25, 0.3) is 0 Å². The van der Waals surface area contributed by atoms with Gasteiger partial charge in [0.05, 0.1) is 23.8 Å². The van der Waals surface area contributed by atoms with Gasteiger partial charge < -0.3 is 9.47 Å². The van der Waals surface area contributed by atoms with Crippen molar-refractivity contribution in [1.29, 1.82) is 0 Å². The Kier molecular flexibility index (Phi) is 8.39. The third-order valence-corrected chi connectivity index (χ3v) is 8.15. The zero-order valence-electron chi connectivity index (χ0n) is 18.9. The van der Waals surface area contributed by atoms with Crippen LogP contribution in [-0.4, -0.2) is 41.8 Å². The van der Waals surface area contributed by atoms with Crippen molar-refractivity contribution in [2.24, 2.45) is 4.99 Å². The second-order valence-electron chi connectivity index (χ2n) is 7.66. The Morgan fingerprint density at radius 2 is 1.91 bits per heavy atom. The number of benzene rings is 2. The van der Waals surface area contributed by atoms with E-state index < -0.39 is 17.7 Å². The smallest absolute Gasteiger partial charge is 0.416 e. The molecule has 0 spiro atoms. The molecule has 0 N–H and O–H groups in total. The van der Waals surface area contributed by atoms with Crippen LogP contribution >= 0.6 is 23.5 Å². The number of hydrogen-bond donors (Lipinski definition) is 0. The number of ether oxygens (including phenoxy) is 2. The minimum absolute atomic E-state index is 0.0635. The van der Waals surface area contributed by atoms with Crippen LogP contribution in [0.3, 0.4) is 0 Å². The van der Waals surface area contributed by atoms with E-state index in [0.29, 0.717) is 11.3 Å². The molecule has 0 radical (unpaired) electrons. The molecule has 0 aliphatic carbocycles. The van der Waals surface area contributed by atoms with Gasteiger partial charge in [-0.3, -0.25) is 4.99 Å². The van der Waals surface area contributed by atoms with Crippen LogP contribution in [0.5, 0.6) is 5.75 Å². The summed E-state index contributed by atoms with van der Waals surface area (Å²) in [6.07, 6.45) is -3.53. The van der Waals surface area contributed by atoms with Crippen LogP contribution in [0.15, 0.2) is 46.3 Å². The Bertz CT molecular complexity index is 1020. The van der Waals surface area contributed by atoms with Gasteiger partial charge in [0, 0.05) is 21.5 Å². The van der Waals surface area contributed by atoms with Crippen molar-refractivity contribution >= 4 is 34.5 Å². The second-order valence-corrected chi connectivity index (χ2v) is 9.95. The molecular weight excluding hydrogens is 471 g/mol. The summed E-state index contributed by atoms with van der Waals surface area (Å²) in [4.78, 5) is 17.2. The second kappa shape index (κ2) is 10.9. The molecular formula is C24H26F3NO3S2. The van der Waals surface area contributed by atoms with Crippen molar-refractivity contribution in [3.8, 4) is 5.75 Å². The van der Waals surface area contributed by atoms with Gasteiger partial charge in [-0.2, -0.15) is 13.2 Å². The summed E-state index contributed by atoms with van der Waals surface area (Å²) in [7, 11) is 1.32. The van der Waals surface area contributed by atoms with Gasteiger partial charge in [0.1, 0.15) is 5.75 Å². The van der Waals surface area contributed by atoms with Crippen LogP contribution in [0.4, 0.5) is 13.2 Å². The molecule has 1 aliphatic rings. The van der Waals surface area contributed by atoms with Gasteiger partial charge in [-0.25, -0.2) is 4.79 Å². The molecule has 0 aromatic heterocycles. The average molecular weight is 498 g/mol. The van der Waals surface area contributed by atoms with Crippen LogP contribution in [0, 0.1) is 6.92 Å². The predicted molar refractivity (Wildman–Crippen MR) is 128 cm³/mol. The highest BCUT2D eigenvalue weighted by Crippen LogP contribution is 2.37. The van der Waals surface area contributed by atoms with Gasteiger partial charge in [0.15, 0.2) is 6.61 Å². The van der Waals surface area contributed by atoms with E-state index in [2.05, 4.69) is 22.7 Å². The molecule has 0 bridgehead atoms. The lowest BCUT2D eigenvalue weighted by molar-refractivity contribution is -0.143. The number of carbonyl (C=O) groups excluding carboxylic acids is 1. The fraction of sp³-hybridized carbons (Fsp3) is 0.417. The average Bonchev–Trinajstić information content (AvgIpc) is 3.16. The van der Waals surface area contributed by atoms with Gasteiger partial charge in [-0.1, -0.05) is 30.8 Å². The van der Waals surface area contributed by atoms with Crippen LogP contribution in [0.1, 0.15) is 36.1 Å². The molecule has 1 heterocycles. The molecule has 0 saturated heterocycles. The van der Waals surface area contributed by atoms with Gasteiger partial charge in [0.25, 0.3) is 0 Å². The maximum absolute atomic E-state index is 12.8. The number of aryl methyl sites for hydroxylation is 2. The zero-order chi connectivity index (χ0) is 24.2. The number of carbonyl (C=O) groups is 1. The molecule has 2 unspecified atom stereocenters. The molecule has 33 heavy (non-hydrogen) atoms. The standard InChI is InChI=1S/C24H26F3NO3S2/c1-5-16-11-19(31-12-22(29)30-4)14(2)10-20(16)32-13-21-15(3)28-23(33-21)17-6-8-18(9-7-17)24(25,26)27/h6-11,15,21H,5,12-13H2,1-4H3. The SMILES string of the molecule is CCc1cc(OCC(=O)OC)c(C)cc1SCC1SC(c2ccc(C(F)(F)F)cc2)=NC1C. The van der Waals surface area contributed by atoms with E-state index in [1.54, 1.807) is 23.5 Å². The largest absolute Gasteiger partial charge is 0.482 e. The Labute approximate surface area is 200 Å². The minimum Gasteiger partial charge on any atom is -0.482 e. The van der Waals surface area contributed by atoms with E-state index in [1.165, 1.54) is 19.2 Å². The lowest BCUT2D eigenvalue weighted by Gasteiger charge is -2.17. The van der Waals surface area contributed by atoms with E-state index in [1.807, 2.05) is 19.9 Å². The number of esters is 1. The van der Waals surface area contributed by atoms with Crippen molar-refractivity contribution in [2.45, 2.75) is 49.6 Å². The molecule has 2 aromatic rings. The first-order chi connectivity index (χ1) is 15.6. The Balaban J connectivity index is 1.64. The summed E-state index contributed by atoms with van der Waals surface area (Å²) in [5, 5.41) is 0.993. The van der Waals surface area contributed by atoms with Gasteiger partial charge in [-0.15, -0.1) is 11.8 Å². The van der Waals surface area contributed by atoms with Gasteiger partial charge >= 0.3 is 12.1 Å². The van der Waals surface area contributed by atoms with Crippen molar-refractivity contribution in [3.05, 3.63) is 58.7 Å². The van der Waals surface area contributed by atoms with Crippen LogP contribution in [-0.2, 0) is 22.1 Å². The summed E-state index contributed by atoms with van der Waals surface area (Å²) in [5.74, 6) is 1.05. The fourth-order valence-corrected chi connectivity index (χ4v) is 6.09. The molecule has 178 valence electrons. The molecule has 9 heteroatoms. The molecule has 2 atom stereocenters. The van der Waals surface area contributed by atoms with Gasteiger partial charge in [-0.05, 0) is 55.7 Å². The van der Waals surface area contributed by atoms with E-state index >= 15 is 0 Å². The maximum Gasteiger partial charge on any atom is 0.416 e. The summed E-state index contributed by atoms with van der Waals surface area (Å²) in [5.41, 5.74) is 2.12. The zero-order valence-corrected chi connectivity index (χ0v) is 20.5. The highest BCUT2D eigenvalue weighted by atomic mass is 32.2. The Morgan fingerprint density at radius 3 is 2.52 bits per heavy atom. The number of aliphatic imine (C=N–C) groups is 1. The summed E-state index contributed by atoms with van der Waals surface area (Å²) in [6, 6.07) is 9.28. The summed E-state index contributed by atoms with van der Waals surface area (Å²) in [6.45, 7) is 5.91. The topological polar surface area (TPSA) is 47.9 Å². The molecule has 4 nitrogen and oxygen atoms in total. The maximum atomic E-state index is 12.8. The first-order valence-electron chi connectivity index (χ1n) is 10.5. The number of hydrogen-bond acceptors (Lipinski definition) is 6. The number of nitrogens with zero attached hydrogens (tertiary/aromatic N) is 1. The normalized spacial score (nSPS) is 18.2. The van der Waals surface area contributed by atoms with E-state index in [9.17, 15) is 18.0 Å². The molecule has 1 aliphatic heterocycles. The Hall–Kier alpha value is -2.13. The number of alkyl halides is 3. The van der Waals surface area contributed by atoms with Crippen molar-refractivity contribution in [2.75, 3.05) is 19.5 Å². The lowest BCUT2D eigenvalue weighted by Crippen LogP contribution is -2.16. The molecule has 0 saturated carbocycles. The number of thioether (sulfide) groups is 2. The van der Waals surface area contributed by atoms with Crippen molar-refractivity contribution in [3.63, 3.8) is 0 Å². The first-order valence-corrected chi connectivity index (χ1v) is 12.4. The highest BCUT2D eigenvalue weighted by molar-refractivity contribution is 8.16. The molecule has 0 fully saturated rings. The quantitative estimate of drug-likeness (QED) is 0.322. The minimum atomic E-state index is -4.34. The van der Waals surface area contributed by atoms with Crippen LogP contribution < -0.4 is 4.74 Å². The number of methoxy groups -OCH3 is 1. The van der Waals surface area contributed by atoms with Crippen LogP contribution in [0.2, 0.25) is 0 Å². The fourth-order valence-electron chi connectivity index (χ4n) is 3.30. The summed E-state index contributed by atoms with van der Waals surface area (Å²) < 4.78 is 48.7. The summed E-state index contributed by atoms with van der Waals surface area (Å²) >= 11 is 3.35. The van der Waals surface area contributed by atoms with E-state index in [-0.39, 0.29) is 17.9 Å². The number of rotatable bonds is 8. The predicted octanol–water partition coefficient (Wildman–Crippen LogP) is 6.17. The van der Waals surface area contributed by atoms with E-state index in [0.717, 1.165) is 45.4 Å². The van der Waals surface area contributed by atoms with Crippen molar-refractivity contribution < 1.29 is 27.4 Å². The third-order valence-electron chi connectivity index (χ3n) is 5.30. The first kappa shape index (κ1) is 25.5. The molecule has 3 rings (SSSR count). The molecule has 0 amide bonds. The van der Waals surface area contributed by atoms with Crippen molar-refractivity contribution in [1.82, 2.24) is 0 Å². The molecule has 2 aromatic carbocycles. The highest BCUT2D eigenvalue weighted by Gasteiger charge is 2.31. The van der Waals surface area contributed by atoms with E-state index in [4.69, 9.17) is 4.74 Å². The monoisotopic (exact) mass is 497 g/mol.